The fourth-order valence-corrected chi connectivity index (χ4v) is 2.93. The van der Waals surface area contributed by atoms with E-state index in [1.165, 1.54) is 6.33 Å². The van der Waals surface area contributed by atoms with Gasteiger partial charge in [0.05, 0.1) is 5.56 Å². The molecule has 138 valence electrons. The smallest absolute Gasteiger partial charge is 0.270 e. The second-order valence-corrected chi connectivity index (χ2v) is 6.84. The molecule has 0 radical (unpaired) electrons. The Balaban J connectivity index is 1.76. The van der Waals surface area contributed by atoms with E-state index in [2.05, 4.69) is 42.1 Å². The number of halogens is 2. The standard InChI is InChI=1S/C18H16BrClN6O/c1-10-13(20)7-4-8-14(10)24-16-15(21)17(23-9-22-16)25-26-18(27)11-5-2-3-6-12(11)19/h2-9H,21H2,1H3,(H,26,27)(H2,22,23,24,25). The molecule has 0 fully saturated rings. The van der Waals surface area contributed by atoms with Gasteiger partial charge in [-0.25, -0.2) is 9.97 Å². The molecule has 0 saturated heterocycles. The SMILES string of the molecule is Cc1c(Cl)cccc1Nc1ncnc(NNC(=O)c2ccccc2Br)c1N. The minimum absolute atomic E-state index is 0.254. The molecule has 0 unspecified atom stereocenters. The van der Waals surface area contributed by atoms with Gasteiger partial charge in [0.1, 0.15) is 12.0 Å². The minimum atomic E-state index is -0.333. The van der Waals surface area contributed by atoms with Crippen molar-refractivity contribution in [2.45, 2.75) is 6.92 Å². The van der Waals surface area contributed by atoms with Crippen molar-refractivity contribution in [2.75, 3.05) is 16.5 Å². The summed E-state index contributed by atoms with van der Waals surface area (Å²) < 4.78 is 0.679. The maximum absolute atomic E-state index is 12.3. The summed E-state index contributed by atoms with van der Waals surface area (Å²) in [5, 5.41) is 3.76. The van der Waals surface area contributed by atoms with Crippen molar-refractivity contribution in [3.05, 3.63) is 69.4 Å². The third kappa shape index (κ3) is 4.29. The first kappa shape index (κ1) is 18.9. The number of amides is 1. The Morgan fingerprint density at radius 1 is 1.11 bits per heavy atom. The average molecular weight is 448 g/mol. The fourth-order valence-electron chi connectivity index (χ4n) is 2.29. The fraction of sp³-hybridized carbons (Fsp3) is 0.0556. The van der Waals surface area contributed by atoms with E-state index < -0.39 is 0 Å². The van der Waals surface area contributed by atoms with E-state index in [1.54, 1.807) is 24.3 Å². The summed E-state index contributed by atoms with van der Waals surface area (Å²) in [5.74, 6) is 0.335. The molecule has 0 saturated carbocycles. The van der Waals surface area contributed by atoms with Gasteiger partial charge in [-0.2, -0.15) is 0 Å². The number of nitrogen functional groups attached to an aromatic ring is 1. The van der Waals surface area contributed by atoms with E-state index in [1.807, 2.05) is 25.1 Å². The van der Waals surface area contributed by atoms with Gasteiger partial charge in [-0.05, 0) is 52.7 Å². The van der Waals surface area contributed by atoms with Crippen molar-refractivity contribution >= 4 is 56.4 Å². The summed E-state index contributed by atoms with van der Waals surface area (Å²) in [5.41, 5.74) is 13.8. The third-order valence-corrected chi connectivity index (χ3v) is 4.92. The quantitative estimate of drug-likeness (QED) is 0.435. The number of carbonyl (C=O) groups excluding carboxylic acids is 1. The Bertz CT molecular complexity index is 997. The van der Waals surface area contributed by atoms with Gasteiger partial charge in [0.15, 0.2) is 11.6 Å². The van der Waals surface area contributed by atoms with Gasteiger partial charge >= 0.3 is 0 Å². The van der Waals surface area contributed by atoms with Gasteiger partial charge in [-0.3, -0.25) is 15.6 Å². The van der Waals surface area contributed by atoms with Crippen LogP contribution in [0.25, 0.3) is 0 Å². The second-order valence-electron chi connectivity index (χ2n) is 5.58. The number of nitrogens with one attached hydrogen (secondary N) is 3. The van der Waals surface area contributed by atoms with E-state index in [9.17, 15) is 4.79 Å². The van der Waals surface area contributed by atoms with E-state index in [0.717, 1.165) is 11.3 Å². The van der Waals surface area contributed by atoms with Gasteiger partial charge in [-0.1, -0.05) is 29.8 Å². The van der Waals surface area contributed by atoms with Gasteiger partial charge in [-0.15, -0.1) is 0 Å². The van der Waals surface area contributed by atoms with Crippen LogP contribution < -0.4 is 21.9 Å². The predicted molar refractivity (Wildman–Crippen MR) is 111 cm³/mol. The molecule has 0 bridgehead atoms. The molecule has 7 nitrogen and oxygen atoms in total. The van der Waals surface area contributed by atoms with Crippen molar-refractivity contribution in [2.24, 2.45) is 0 Å². The maximum Gasteiger partial charge on any atom is 0.270 e. The number of rotatable bonds is 5. The van der Waals surface area contributed by atoms with Crippen LogP contribution in [0.15, 0.2) is 53.3 Å². The molecule has 27 heavy (non-hydrogen) atoms. The molecule has 3 aromatic rings. The number of hydrogen-bond acceptors (Lipinski definition) is 6. The van der Waals surface area contributed by atoms with Crippen LogP contribution in [0, 0.1) is 6.92 Å². The van der Waals surface area contributed by atoms with Crippen LogP contribution in [0.3, 0.4) is 0 Å². The number of aromatic nitrogens is 2. The zero-order valence-electron chi connectivity index (χ0n) is 14.3. The topological polar surface area (TPSA) is 105 Å². The van der Waals surface area contributed by atoms with Gasteiger partial charge < -0.3 is 11.1 Å². The number of benzene rings is 2. The van der Waals surface area contributed by atoms with Crippen LogP contribution in [0.4, 0.5) is 23.0 Å². The zero-order valence-corrected chi connectivity index (χ0v) is 16.6. The van der Waals surface area contributed by atoms with Crippen LogP contribution in [0.2, 0.25) is 5.02 Å². The van der Waals surface area contributed by atoms with E-state index in [0.29, 0.717) is 20.9 Å². The summed E-state index contributed by atoms with van der Waals surface area (Å²) >= 11 is 9.48. The lowest BCUT2D eigenvalue weighted by Crippen LogP contribution is -2.30. The molecular formula is C18H16BrClN6O. The Kier molecular flexibility index (Phi) is 5.78. The highest BCUT2D eigenvalue weighted by Crippen LogP contribution is 2.29. The van der Waals surface area contributed by atoms with Crippen molar-refractivity contribution < 1.29 is 4.79 Å². The number of anilines is 4. The van der Waals surface area contributed by atoms with Crippen LogP contribution in [-0.4, -0.2) is 15.9 Å². The molecule has 1 heterocycles. The van der Waals surface area contributed by atoms with Crippen molar-refractivity contribution in [1.29, 1.82) is 0 Å². The monoisotopic (exact) mass is 446 g/mol. The number of hydrazine groups is 1. The molecule has 9 heteroatoms. The lowest BCUT2D eigenvalue weighted by atomic mass is 10.2. The van der Waals surface area contributed by atoms with Crippen molar-refractivity contribution in [1.82, 2.24) is 15.4 Å². The number of nitrogens with two attached hydrogens (primary N) is 1. The zero-order chi connectivity index (χ0) is 19.4. The van der Waals surface area contributed by atoms with E-state index >= 15 is 0 Å². The Labute approximate surface area is 169 Å². The largest absolute Gasteiger partial charge is 0.393 e. The summed E-state index contributed by atoms with van der Waals surface area (Å²) in [6.07, 6.45) is 1.34. The summed E-state index contributed by atoms with van der Waals surface area (Å²) in [6, 6.07) is 12.6. The molecule has 0 spiro atoms. The summed E-state index contributed by atoms with van der Waals surface area (Å²) in [7, 11) is 0. The molecule has 2 aromatic carbocycles. The molecule has 1 amide bonds. The van der Waals surface area contributed by atoms with Gasteiger partial charge in [0.25, 0.3) is 5.91 Å². The molecule has 5 N–H and O–H groups in total. The number of nitrogens with zero attached hydrogens (tertiary/aromatic N) is 2. The maximum atomic E-state index is 12.3. The van der Waals surface area contributed by atoms with E-state index in [4.69, 9.17) is 17.3 Å². The predicted octanol–water partition coefficient (Wildman–Crippen LogP) is 4.28. The number of hydrogen-bond donors (Lipinski definition) is 4. The highest BCUT2D eigenvalue weighted by atomic mass is 79.9. The normalized spacial score (nSPS) is 10.3. The van der Waals surface area contributed by atoms with Crippen LogP contribution in [0.1, 0.15) is 15.9 Å². The summed E-state index contributed by atoms with van der Waals surface area (Å²) in [4.78, 5) is 20.5. The van der Waals surface area contributed by atoms with Crippen LogP contribution in [0.5, 0.6) is 0 Å². The first-order valence-corrected chi connectivity index (χ1v) is 9.08. The first-order valence-electron chi connectivity index (χ1n) is 7.91. The molecule has 0 atom stereocenters. The Hall–Kier alpha value is -2.84. The van der Waals surface area contributed by atoms with Crippen LogP contribution in [-0.2, 0) is 0 Å². The molecule has 0 aliphatic carbocycles. The van der Waals surface area contributed by atoms with Gasteiger partial charge in [0, 0.05) is 15.2 Å². The highest BCUT2D eigenvalue weighted by molar-refractivity contribution is 9.10. The Morgan fingerprint density at radius 3 is 2.63 bits per heavy atom. The highest BCUT2D eigenvalue weighted by Gasteiger charge is 2.13. The Morgan fingerprint density at radius 2 is 1.85 bits per heavy atom. The lowest BCUT2D eigenvalue weighted by molar-refractivity contribution is 0.0962. The summed E-state index contributed by atoms with van der Waals surface area (Å²) in [6.45, 7) is 1.89. The molecule has 0 aliphatic rings. The van der Waals surface area contributed by atoms with Crippen molar-refractivity contribution in [3.8, 4) is 0 Å². The molecular weight excluding hydrogens is 432 g/mol. The number of carbonyl (C=O) groups is 1. The molecule has 3 rings (SSSR count). The van der Waals surface area contributed by atoms with Crippen LogP contribution >= 0.6 is 27.5 Å². The first-order chi connectivity index (χ1) is 13.0. The minimum Gasteiger partial charge on any atom is -0.393 e. The average Bonchev–Trinajstić information content (AvgIpc) is 2.66. The van der Waals surface area contributed by atoms with Crippen molar-refractivity contribution in [3.63, 3.8) is 0 Å². The van der Waals surface area contributed by atoms with Gasteiger partial charge in [0.2, 0.25) is 0 Å². The third-order valence-electron chi connectivity index (χ3n) is 3.82. The molecule has 1 aromatic heterocycles. The van der Waals surface area contributed by atoms with E-state index in [-0.39, 0.29) is 17.4 Å². The lowest BCUT2D eigenvalue weighted by Gasteiger charge is -2.15. The second kappa shape index (κ2) is 8.24. The molecule has 0 aliphatic heterocycles.